The molecule has 2 aliphatic rings. The monoisotopic (exact) mass is 278 g/mol. The van der Waals surface area contributed by atoms with E-state index in [4.69, 9.17) is 9.84 Å². The van der Waals surface area contributed by atoms with Crippen LogP contribution in [0.5, 0.6) is 0 Å². The summed E-state index contributed by atoms with van der Waals surface area (Å²) in [5, 5.41) is 8.82. The summed E-state index contributed by atoms with van der Waals surface area (Å²) in [4.78, 5) is 22.7. The molecule has 0 aromatic heterocycles. The van der Waals surface area contributed by atoms with Crippen LogP contribution in [-0.4, -0.2) is 24.2 Å². The Balaban J connectivity index is 2.10. The fourth-order valence-electron chi connectivity index (χ4n) is 3.58. The summed E-state index contributed by atoms with van der Waals surface area (Å²) in [5.74, 6) is 0.492. The molecular weight excluding hydrogens is 256 g/mol. The minimum absolute atomic E-state index is 0.260. The summed E-state index contributed by atoms with van der Waals surface area (Å²) in [6, 6.07) is 0. The average molecular weight is 278 g/mol. The molecule has 3 atom stereocenters. The molecule has 3 unspecified atom stereocenters. The van der Waals surface area contributed by atoms with Crippen molar-refractivity contribution in [1.82, 2.24) is 0 Å². The maximum Gasteiger partial charge on any atom is 0.333 e. The maximum atomic E-state index is 12.0. The predicted molar refractivity (Wildman–Crippen MR) is 75.0 cm³/mol. The van der Waals surface area contributed by atoms with Gasteiger partial charge in [0.05, 0.1) is 7.11 Å². The van der Waals surface area contributed by atoms with Crippen LogP contribution in [-0.2, 0) is 14.3 Å². The molecule has 2 fully saturated rings. The number of ether oxygens (including phenoxy) is 1. The Morgan fingerprint density at radius 2 is 2.00 bits per heavy atom. The molecule has 0 spiro atoms. The summed E-state index contributed by atoms with van der Waals surface area (Å²) in [6.45, 7) is 1.56. The lowest BCUT2D eigenvalue weighted by Crippen LogP contribution is -2.20. The van der Waals surface area contributed by atoms with Crippen LogP contribution in [0.2, 0.25) is 0 Å². The minimum Gasteiger partial charge on any atom is -0.478 e. The van der Waals surface area contributed by atoms with Crippen molar-refractivity contribution in [3.05, 3.63) is 23.3 Å². The summed E-state index contributed by atoms with van der Waals surface area (Å²) >= 11 is 0. The third-order valence-electron chi connectivity index (χ3n) is 4.66. The van der Waals surface area contributed by atoms with Crippen LogP contribution in [0, 0.1) is 17.8 Å². The second-order valence-electron chi connectivity index (χ2n) is 5.86. The van der Waals surface area contributed by atoms with Gasteiger partial charge in [-0.15, -0.1) is 0 Å². The molecule has 1 N–H and O–H groups in total. The zero-order valence-electron chi connectivity index (χ0n) is 12.1. The molecule has 0 aliphatic heterocycles. The van der Waals surface area contributed by atoms with Crippen molar-refractivity contribution in [3.63, 3.8) is 0 Å². The number of rotatable bonds is 5. The highest BCUT2D eigenvalue weighted by molar-refractivity contribution is 5.89. The number of carboxylic acids is 1. The van der Waals surface area contributed by atoms with Crippen LogP contribution in [0.4, 0.5) is 0 Å². The molecule has 0 radical (unpaired) electrons. The van der Waals surface area contributed by atoms with E-state index in [1.54, 1.807) is 13.0 Å². The van der Waals surface area contributed by atoms with Crippen LogP contribution in [0.1, 0.15) is 39.0 Å². The number of hydrogen-bond acceptors (Lipinski definition) is 3. The van der Waals surface area contributed by atoms with Gasteiger partial charge in [-0.3, -0.25) is 0 Å². The third-order valence-corrected chi connectivity index (χ3v) is 4.66. The summed E-state index contributed by atoms with van der Waals surface area (Å²) in [5.41, 5.74) is 1.05. The lowest BCUT2D eigenvalue weighted by molar-refractivity contribution is -0.137. The van der Waals surface area contributed by atoms with Crippen molar-refractivity contribution in [1.29, 1.82) is 0 Å². The van der Waals surface area contributed by atoms with Crippen molar-refractivity contribution in [2.24, 2.45) is 17.8 Å². The number of carbonyl (C=O) groups is 2. The molecule has 0 saturated heterocycles. The van der Waals surface area contributed by atoms with E-state index in [-0.39, 0.29) is 5.97 Å². The molecule has 2 saturated carbocycles. The quantitative estimate of drug-likeness (QED) is 0.620. The number of fused-ring (bicyclic) bond motifs is 2. The molecule has 4 nitrogen and oxygen atoms in total. The molecule has 2 rings (SSSR count). The van der Waals surface area contributed by atoms with E-state index in [0.717, 1.165) is 17.9 Å². The lowest BCUT2D eigenvalue weighted by atomic mass is 9.82. The molecule has 110 valence electrons. The molecule has 0 heterocycles. The zero-order chi connectivity index (χ0) is 14.7. The van der Waals surface area contributed by atoms with E-state index in [9.17, 15) is 9.59 Å². The van der Waals surface area contributed by atoms with Gasteiger partial charge in [-0.1, -0.05) is 18.6 Å². The molecule has 4 heteroatoms. The summed E-state index contributed by atoms with van der Waals surface area (Å²) < 4.78 is 4.89. The standard InChI is InChI=1S/C16H22O4/c1-10(15(17)18)4-3-5-13(16(19)20-2)14-9-11-6-7-12(14)8-11/h4-5,11-12,14H,3,6-9H2,1-2H3,(H,17,18). The lowest BCUT2D eigenvalue weighted by Gasteiger charge is -2.23. The van der Waals surface area contributed by atoms with Crippen molar-refractivity contribution in [3.8, 4) is 0 Å². The van der Waals surface area contributed by atoms with Crippen molar-refractivity contribution < 1.29 is 19.4 Å². The smallest absolute Gasteiger partial charge is 0.333 e. The van der Waals surface area contributed by atoms with Gasteiger partial charge in [-0.05, 0) is 50.4 Å². The van der Waals surface area contributed by atoms with Gasteiger partial charge in [-0.25, -0.2) is 9.59 Å². The molecule has 20 heavy (non-hydrogen) atoms. The second kappa shape index (κ2) is 6.25. The van der Waals surface area contributed by atoms with E-state index in [2.05, 4.69) is 0 Å². The SMILES string of the molecule is COC(=O)C(=CCC=C(C)C(=O)O)C1CC2CCC1C2. The Kier molecular flexibility index (Phi) is 4.63. The number of carboxylic acid groups (broad SMARTS) is 1. The number of methoxy groups -OCH3 is 1. The van der Waals surface area contributed by atoms with E-state index < -0.39 is 5.97 Å². The van der Waals surface area contributed by atoms with Gasteiger partial charge in [0, 0.05) is 11.1 Å². The number of carbonyl (C=O) groups excluding carboxylic acids is 1. The molecule has 2 aliphatic carbocycles. The van der Waals surface area contributed by atoms with E-state index in [1.807, 2.05) is 6.08 Å². The topological polar surface area (TPSA) is 63.6 Å². The van der Waals surface area contributed by atoms with Crippen molar-refractivity contribution >= 4 is 11.9 Å². The van der Waals surface area contributed by atoms with Crippen LogP contribution >= 0.6 is 0 Å². The first-order chi connectivity index (χ1) is 9.52. The minimum atomic E-state index is -0.919. The Morgan fingerprint density at radius 1 is 1.25 bits per heavy atom. The Labute approximate surface area is 119 Å². The van der Waals surface area contributed by atoms with Crippen LogP contribution in [0.25, 0.3) is 0 Å². The molecular formula is C16H22O4. The molecule has 2 bridgehead atoms. The first-order valence-corrected chi connectivity index (χ1v) is 7.21. The Morgan fingerprint density at radius 3 is 2.50 bits per heavy atom. The number of aliphatic carboxylic acids is 1. The summed E-state index contributed by atoms with van der Waals surface area (Å²) in [6.07, 6.45) is 8.75. The van der Waals surface area contributed by atoms with Gasteiger partial charge in [0.1, 0.15) is 0 Å². The molecule has 0 aromatic carbocycles. The molecule has 0 aromatic rings. The van der Waals surface area contributed by atoms with Crippen LogP contribution in [0.15, 0.2) is 23.3 Å². The summed E-state index contributed by atoms with van der Waals surface area (Å²) in [7, 11) is 1.40. The van der Waals surface area contributed by atoms with Gasteiger partial charge in [0.25, 0.3) is 0 Å². The van der Waals surface area contributed by atoms with Crippen LogP contribution < -0.4 is 0 Å². The number of hydrogen-bond donors (Lipinski definition) is 1. The normalized spacial score (nSPS) is 29.6. The van der Waals surface area contributed by atoms with Gasteiger partial charge in [0.2, 0.25) is 0 Å². The molecule has 0 amide bonds. The van der Waals surface area contributed by atoms with E-state index in [0.29, 0.717) is 23.8 Å². The predicted octanol–water partition coefficient (Wildman–Crippen LogP) is 2.94. The fraction of sp³-hybridized carbons (Fsp3) is 0.625. The zero-order valence-corrected chi connectivity index (χ0v) is 12.1. The number of allylic oxidation sites excluding steroid dienone is 2. The first-order valence-electron chi connectivity index (χ1n) is 7.21. The fourth-order valence-corrected chi connectivity index (χ4v) is 3.58. The van der Waals surface area contributed by atoms with E-state index >= 15 is 0 Å². The van der Waals surface area contributed by atoms with Crippen molar-refractivity contribution in [2.45, 2.75) is 39.0 Å². The van der Waals surface area contributed by atoms with Gasteiger partial charge >= 0.3 is 11.9 Å². The van der Waals surface area contributed by atoms with E-state index in [1.165, 1.54) is 26.4 Å². The van der Waals surface area contributed by atoms with Gasteiger partial charge in [-0.2, -0.15) is 0 Å². The third kappa shape index (κ3) is 3.11. The van der Waals surface area contributed by atoms with Gasteiger partial charge in [0.15, 0.2) is 0 Å². The number of esters is 1. The highest BCUT2D eigenvalue weighted by Crippen LogP contribution is 2.51. The Bertz CT molecular complexity index is 461. The highest BCUT2D eigenvalue weighted by atomic mass is 16.5. The van der Waals surface area contributed by atoms with Gasteiger partial charge < -0.3 is 9.84 Å². The highest BCUT2D eigenvalue weighted by Gasteiger charge is 2.42. The van der Waals surface area contributed by atoms with Crippen molar-refractivity contribution in [2.75, 3.05) is 7.11 Å². The van der Waals surface area contributed by atoms with Crippen LogP contribution in [0.3, 0.4) is 0 Å². The first kappa shape index (κ1) is 14.8. The maximum absolute atomic E-state index is 12.0. The second-order valence-corrected chi connectivity index (χ2v) is 5.86. The largest absolute Gasteiger partial charge is 0.478 e. The Hall–Kier alpha value is -1.58. The average Bonchev–Trinajstić information content (AvgIpc) is 3.04.